The molecule has 0 fully saturated rings. The molecule has 0 spiro atoms. The van der Waals surface area contributed by atoms with E-state index in [2.05, 4.69) is 5.16 Å². The van der Waals surface area contributed by atoms with Gasteiger partial charge in [-0.15, -0.1) is 0 Å². The first-order valence-electron chi connectivity index (χ1n) is 7.32. The van der Waals surface area contributed by atoms with Crippen LogP contribution >= 0.6 is 11.6 Å². The molecule has 1 unspecified atom stereocenters. The topological polar surface area (TPSA) is 51.0 Å². The van der Waals surface area contributed by atoms with Gasteiger partial charge < -0.3 is 14.7 Å². The SMILES string of the molecule is CO/N=C(\C)c1cc(Cl)ccc1CC(O)COc1ccccc1. The van der Waals surface area contributed by atoms with Gasteiger partial charge in [0.15, 0.2) is 0 Å². The lowest BCUT2D eigenvalue weighted by atomic mass is 9.99. The van der Waals surface area contributed by atoms with Crippen LogP contribution in [-0.2, 0) is 11.3 Å². The summed E-state index contributed by atoms with van der Waals surface area (Å²) in [6, 6.07) is 14.9. The van der Waals surface area contributed by atoms with Crippen molar-refractivity contribution in [3.63, 3.8) is 0 Å². The van der Waals surface area contributed by atoms with Crippen molar-refractivity contribution in [3.05, 3.63) is 64.7 Å². The van der Waals surface area contributed by atoms with Gasteiger partial charge in [-0.05, 0) is 36.8 Å². The Bertz CT molecular complexity index is 659. The molecule has 1 atom stereocenters. The molecule has 0 amide bonds. The van der Waals surface area contributed by atoms with Gasteiger partial charge in [-0.3, -0.25) is 0 Å². The van der Waals surface area contributed by atoms with Gasteiger partial charge in [0.2, 0.25) is 0 Å². The Balaban J connectivity index is 2.05. The summed E-state index contributed by atoms with van der Waals surface area (Å²) in [4.78, 5) is 4.82. The van der Waals surface area contributed by atoms with Gasteiger partial charge in [0.05, 0.1) is 11.8 Å². The van der Waals surface area contributed by atoms with E-state index in [9.17, 15) is 5.11 Å². The predicted molar refractivity (Wildman–Crippen MR) is 92.3 cm³/mol. The highest BCUT2D eigenvalue weighted by Gasteiger charge is 2.13. The predicted octanol–water partition coefficient (Wildman–Crippen LogP) is 3.69. The monoisotopic (exact) mass is 333 g/mol. The van der Waals surface area contributed by atoms with Crippen molar-refractivity contribution in [3.8, 4) is 5.75 Å². The third-order valence-corrected chi connectivity index (χ3v) is 3.57. The summed E-state index contributed by atoms with van der Waals surface area (Å²) in [5.74, 6) is 0.736. The minimum absolute atomic E-state index is 0.215. The fourth-order valence-corrected chi connectivity index (χ4v) is 2.44. The van der Waals surface area contributed by atoms with Gasteiger partial charge in [-0.25, -0.2) is 0 Å². The highest BCUT2D eigenvalue weighted by molar-refractivity contribution is 6.31. The number of benzene rings is 2. The molecule has 122 valence electrons. The molecule has 0 aliphatic rings. The highest BCUT2D eigenvalue weighted by atomic mass is 35.5. The number of rotatable bonds is 7. The lowest BCUT2D eigenvalue weighted by molar-refractivity contribution is 0.107. The Morgan fingerprint density at radius 2 is 1.96 bits per heavy atom. The van der Waals surface area contributed by atoms with Gasteiger partial charge in [0, 0.05) is 17.0 Å². The summed E-state index contributed by atoms with van der Waals surface area (Å²) < 4.78 is 5.58. The van der Waals surface area contributed by atoms with Crippen LogP contribution in [0.3, 0.4) is 0 Å². The van der Waals surface area contributed by atoms with E-state index in [0.29, 0.717) is 17.2 Å². The number of para-hydroxylation sites is 1. The fraction of sp³-hybridized carbons (Fsp3) is 0.278. The van der Waals surface area contributed by atoms with Crippen molar-refractivity contribution < 1.29 is 14.7 Å². The summed E-state index contributed by atoms with van der Waals surface area (Å²) in [6.07, 6.45) is -0.193. The fourth-order valence-electron chi connectivity index (χ4n) is 2.27. The molecule has 2 aromatic carbocycles. The second-order valence-corrected chi connectivity index (χ2v) is 5.58. The third-order valence-electron chi connectivity index (χ3n) is 3.33. The van der Waals surface area contributed by atoms with Crippen molar-refractivity contribution in [1.82, 2.24) is 0 Å². The van der Waals surface area contributed by atoms with E-state index < -0.39 is 6.10 Å². The molecular formula is C18H20ClNO3. The van der Waals surface area contributed by atoms with Crippen molar-refractivity contribution >= 4 is 17.3 Å². The van der Waals surface area contributed by atoms with E-state index in [1.165, 1.54) is 7.11 Å². The maximum atomic E-state index is 10.2. The Kier molecular flexibility index (Phi) is 6.44. The zero-order valence-corrected chi connectivity index (χ0v) is 14.0. The van der Waals surface area contributed by atoms with Crippen LogP contribution in [0.1, 0.15) is 18.1 Å². The summed E-state index contributed by atoms with van der Waals surface area (Å²) in [5.41, 5.74) is 2.51. The minimum Gasteiger partial charge on any atom is -0.491 e. The van der Waals surface area contributed by atoms with Crippen LogP contribution in [-0.4, -0.2) is 30.6 Å². The number of hydrogen-bond donors (Lipinski definition) is 1. The number of aliphatic hydroxyl groups excluding tert-OH is 1. The summed E-state index contributed by atoms with van der Waals surface area (Å²) in [6.45, 7) is 2.05. The van der Waals surface area contributed by atoms with Crippen LogP contribution in [0.15, 0.2) is 53.7 Å². The van der Waals surface area contributed by atoms with Crippen molar-refractivity contribution in [2.24, 2.45) is 5.16 Å². The maximum Gasteiger partial charge on any atom is 0.119 e. The summed E-state index contributed by atoms with van der Waals surface area (Å²) >= 11 is 6.06. The van der Waals surface area contributed by atoms with Crippen molar-refractivity contribution in [2.45, 2.75) is 19.4 Å². The van der Waals surface area contributed by atoms with Gasteiger partial charge in [0.1, 0.15) is 19.5 Å². The quantitative estimate of drug-likeness (QED) is 0.621. The van der Waals surface area contributed by atoms with E-state index in [0.717, 1.165) is 16.9 Å². The number of ether oxygens (including phenoxy) is 1. The van der Waals surface area contributed by atoms with Gasteiger partial charge in [0.25, 0.3) is 0 Å². The third kappa shape index (κ3) is 5.27. The molecule has 0 heterocycles. The molecule has 2 aromatic rings. The first-order chi connectivity index (χ1) is 11.1. The van der Waals surface area contributed by atoms with Crippen LogP contribution in [0.2, 0.25) is 5.02 Å². The molecular weight excluding hydrogens is 314 g/mol. The molecule has 1 N–H and O–H groups in total. The Morgan fingerprint density at radius 1 is 1.22 bits per heavy atom. The molecule has 0 aliphatic heterocycles. The summed E-state index contributed by atoms with van der Waals surface area (Å²) in [7, 11) is 1.50. The molecule has 0 saturated carbocycles. The zero-order valence-electron chi connectivity index (χ0n) is 13.2. The second kappa shape index (κ2) is 8.56. The van der Waals surface area contributed by atoms with Crippen LogP contribution < -0.4 is 4.74 Å². The highest BCUT2D eigenvalue weighted by Crippen LogP contribution is 2.19. The lowest BCUT2D eigenvalue weighted by Crippen LogP contribution is -2.21. The molecule has 0 saturated heterocycles. The van der Waals surface area contributed by atoms with E-state index >= 15 is 0 Å². The maximum absolute atomic E-state index is 10.2. The standard InChI is InChI=1S/C18H20ClNO3/c1-13(20-22-2)18-11-15(19)9-8-14(18)10-16(21)12-23-17-6-4-3-5-7-17/h3-9,11,16,21H,10,12H2,1-2H3/b20-13+. The minimum atomic E-state index is -0.634. The molecule has 4 nitrogen and oxygen atoms in total. The second-order valence-electron chi connectivity index (χ2n) is 5.14. The Hall–Kier alpha value is -2.04. The van der Waals surface area contributed by atoms with Gasteiger partial charge in [-0.1, -0.05) is 41.0 Å². The van der Waals surface area contributed by atoms with E-state index in [-0.39, 0.29) is 6.61 Å². The van der Waals surface area contributed by atoms with Gasteiger partial charge >= 0.3 is 0 Å². The van der Waals surface area contributed by atoms with Crippen LogP contribution in [0.25, 0.3) is 0 Å². The Morgan fingerprint density at radius 3 is 2.65 bits per heavy atom. The smallest absolute Gasteiger partial charge is 0.119 e. The molecule has 0 aliphatic carbocycles. The number of oxime groups is 1. The molecule has 0 aromatic heterocycles. The molecule has 5 heteroatoms. The van der Waals surface area contributed by atoms with Crippen molar-refractivity contribution in [2.75, 3.05) is 13.7 Å². The molecule has 23 heavy (non-hydrogen) atoms. The number of hydrogen-bond acceptors (Lipinski definition) is 4. The van der Waals surface area contributed by atoms with Gasteiger partial charge in [-0.2, -0.15) is 0 Å². The van der Waals surface area contributed by atoms with Crippen LogP contribution in [0.5, 0.6) is 5.75 Å². The largest absolute Gasteiger partial charge is 0.491 e. The summed E-state index contributed by atoms with van der Waals surface area (Å²) in [5, 5.41) is 14.8. The van der Waals surface area contributed by atoms with Crippen molar-refractivity contribution in [1.29, 1.82) is 0 Å². The first-order valence-corrected chi connectivity index (χ1v) is 7.70. The van der Waals surface area contributed by atoms with Crippen LogP contribution in [0, 0.1) is 0 Å². The van der Waals surface area contributed by atoms with E-state index in [1.54, 1.807) is 6.07 Å². The molecule has 0 bridgehead atoms. The normalized spacial score (nSPS) is 12.8. The number of halogens is 1. The molecule has 0 radical (unpaired) electrons. The average Bonchev–Trinajstić information content (AvgIpc) is 2.56. The lowest BCUT2D eigenvalue weighted by Gasteiger charge is -2.15. The molecule has 2 rings (SSSR count). The van der Waals surface area contributed by atoms with Crippen LogP contribution in [0.4, 0.5) is 0 Å². The van der Waals surface area contributed by atoms with E-state index in [1.807, 2.05) is 49.4 Å². The Labute approximate surface area is 141 Å². The number of aliphatic hydroxyl groups is 1. The van der Waals surface area contributed by atoms with E-state index in [4.69, 9.17) is 21.2 Å². The first kappa shape index (κ1) is 17.3. The number of nitrogens with zero attached hydrogens (tertiary/aromatic N) is 1. The average molecular weight is 334 g/mol. The zero-order chi connectivity index (χ0) is 16.7.